The molecule has 1 aromatic carbocycles. The van der Waals surface area contributed by atoms with Crippen molar-refractivity contribution in [2.75, 3.05) is 7.05 Å². The summed E-state index contributed by atoms with van der Waals surface area (Å²) in [5, 5.41) is 1.07. The Labute approximate surface area is 131 Å². The molecule has 22 heavy (non-hydrogen) atoms. The molecular weight excluding hydrogens is 276 g/mol. The van der Waals surface area contributed by atoms with E-state index >= 15 is 0 Å². The molecule has 1 aliphatic rings. The standard InChI is InChI=1S/C18H24N2O2/c1-18(19)10-6-5-8-15(18)17(21)20(2)12-14-11-13-7-3-4-9-16(13)22-14/h3-4,7,9,11,15H,5-6,8,10,12,19H2,1-2H3. The van der Waals surface area contributed by atoms with Crippen molar-refractivity contribution in [3.05, 3.63) is 36.1 Å². The van der Waals surface area contributed by atoms with Gasteiger partial charge in [0.25, 0.3) is 0 Å². The molecule has 2 atom stereocenters. The molecule has 0 bridgehead atoms. The highest BCUT2D eigenvalue weighted by atomic mass is 16.3. The summed E-state index contributed by atoms with van der Waals surface area (Å²) in [6.07, 6.45) is 4.00. The predicted molar refractivity (Wildman–Crippen MR) is 87.2 cm³/mol. The highest BCUT2D eigenvalue weighted by molar-refractivity contribution is 5.81. The average molecular weight is 300 g/mol. The molecule has 0 saturated heterocycles. The minimum atomic E-state index is -0.391. The molecule has 1 aliphatic carbocycles. The summed E-state index contributed by atoms with van der Waals surface area (Å²) in [5.41, 5.74) is 6.81. The summed E-state index contributed by atoms with van der Waals surface area (Å²) < 4.78 is 5.80. The first-order chi connectivity index (χ1) is 10.5. The van der Waals surface area contributed by atoms with Crippen LogP contribution in [0.2, 0.25) is 0 Å². The van der Waals surface area contributed by atoms with Gasteiger partial charge in [-0.2, -0.15) is 0 Å². The Hall–Kier alpha value is -1.81. The first kappa shape index (κ1) is 15.1. The van der Waals surface area contributed by atoms with E-state index in [0.29, 0.717) is 6.54 Å². The van der Waals surface area contributed by atoms with Gasteiger partial charge in [-0.3, -0.25) is 4.79 Å². The number of furan rings is 1. The van der Waals surface area contributed by atoms with Crippen LogP contribution in [0, 0.1) is 5.92 Å². The highest BCUT2D eigenvalue weighted by Crippen LogP contribution is 2.33. The molecule has 0 aliphatic heterocycles. The van der Waals surface area contributed by atoms with Gasteiger partial charge in [0.1, 0.15) is 11.3 Å². The van der Waals surface area contributed by atoms with E-state index in [0.717, 1.165) is 42.4 Å². The van der Waals surface area contributed by atoms with Crippen LogP contribution >= 0.6 is 0 Å². The summed E-state index contributed by atoms with van der Waals surface area (Å²) in [5.74, 6) is 0.854. The number of amides is 1. The lowest BCUT2D eigenvalue weighted by atomic mass is 9.74. The second kappa shape index (κ2) is 5.76. The van der Waals surface area contributed by atoms with Crippen LogP contribution in [0.5, 0.6) is 0 Å². The van der Waals surface area contributed by atoms with Crippen molar-refractivity contribution in [2.24, 2.45) is 11.7 Å². The molecule has 118 valence electrons. The molecule has 1 amide bonds. The van der Waals surface area contributed by atoms with Gasteiger partial charge < -0.3 is 15.1 Å². The summed E-state index contributed by atoms with van der Waals surface area (Å²) >= 11 is 0. The van der Waals surface area contributed by atoms with Crippen molar-refractivity contribution in [3.8, 4) is 0 Å². The molecule has 0 spiro atoms. The third kappa shape index (κ3) is 2.88. The number of hydrogen-bond acceptors (Lipinski definition) is 3. The maximum Gasteiger partial charge on any atom is 0.227 e. The van der Waals surface area contributed by atoms with Crippen molar-refractivity contribution in [2.45, 2.75) is 44.7 Å². The molecular formula is C18H24N2O2. The third-order valence-electron chi connectivity index (χ3n) is 4.80. The van der Waals surface area contributed by atoms with E-state index in [1.165, 1.54) is 0 Å². The van der Waals surface area contributed by atoms with Crippen LogP contribution in [-0.4, -0.2) is 23.4 Å². The van der Waals surface area contributed by atoms with Gasteiger partial charge in [0, 0.05) is 18.0 Å². The third-order valence-corrected chi connectivity index (χ3v) is 4.80. The zero-order valence-electron chi connectivity index (χ0n) is 13.3. The summed E-state index contributed by atoms with van der Waals surface area (Å²) in [4.78, 5) is 14.5. The van der Waals surface area contributed by atoms with E-state index in [1.807, 2.05) is 44.3 Å². The predicted octanol–water partition coefficient (Wildman–Crippen LogP) is 3.30. The SMILES string of the molecule is CN(Cc1cc2ccccc2o1)C(=O)C1CCCCC1(C)N. The van der Waals surface area contributed by atoms with Gasteiger partial charge in [-0.25, -0.2) is 0 Å². The first-order valence-electron chi connectivity index (χ1n) is 7.99. The Morgan fingerprint density at radius 3 is 2.91 bits per heavy atom. The Morgan fingerprint density at radius 1 is 1.41 bits per heavy atom. The number of benzene rings is 1. The summed E-state index contributed by atoms with van der Waals surface area (Å²) in [6, 6.07) is 9.90. The number of carbonyl (C=O) groups excluding carboxylic acids is 1. The van der Waals surface area contributed by atoms with Gasteiger partial charge in [0.05, 0.1) is 12.5 Å². The van der Waals surface area contributed by atoms with Gasteiger partial charge in [0.15, 0.2) is 0 Å². The first-order valence-corrected chi connectivity index (χ1v) is 7.99. The van der Waals surface area contributed by atoms with E-state index in [2.05, 4.69) is 0 Å². The molecule has 2 aromatic rings. The Kier molecular flexibility index (Phi) is 3.96. The molecule has 1 aromatic heterocycles. The van der Waals surface area contributed by atoms with Crippen LogP contribution in [0.25, 0.3) is 11.0 Å². The van der Waals surface area contributed by atoms with E-state index in [9.17, 15) is 4.79 Å². The van der Waals surface area contributed by atoms with Crippen molar-refractivity contribution in [3.63, 3.8) is 0 Å². The van der Waals surface area contributed by atoms with Crippen molar-refractivity contribution >= 4 is 16.9 Å². The normalized spacial score (nSPS) is 25.3. The fourth-order valence-corrected chi connectivity index (χ4v) is 3.46. The maximum atomic E-state index is 12.7. The van der Waals surface area contributed by atoms with E-state index < -0.39 is 5.54 Å². The monoisotopic (exact) mass is 300 g/mol. The van der Waals surface area contributed by atoms with Crippen LogP contribution in [-0.2, 0) is 11.3 Å². The minimum Gasteiger partial charge on any atom is -0.459 e. The summed E-state index contributed by atoms with van der Waals surface area (Å²) in [7, 11) is 1.83. The van der Waals surface area contributed by atoms with Crippen molar-refractivity contribution in [1.82, 2.24) is 4.90 Å². The van der Waals surface area contributed by atoms with Crippen LogP contribution < -0.4 is 5.73 Å². The van der Waals surface area contributed by atoms with E-state index in [1.54, 1.807) is 4.90 Å². The quantitative estimate of drug-likeness (QED) is 0.946. The lowest BCUT2D eigenvalue weighted by Crippen LogP contribution is -2.52. The van der Waals surface area contributed by atoms with Gasteiger partial charge in [-0.15, -0.1) is 0 Å². The maximum absolute atomic E-state index is 12.7. The largest absolute Gasteiger partial charge is 0.459 e. The second-order valence-electron chi connectivity index (χ2n) is 6.75. The summed E-state index contributed by atoms with van der Waals surface area (Å²) in [6.45, 7) is 2.49. The Bertz CT molecular complexity index is 642. The zero-order valence-corrected chi connectivity index (χ0v) is 13.3. The van der Waals surface area contributed by atoms with E-state index in [-0.39, 0.29) is 11.8 Å². The van der Waals surface area contributed by atoms with Gasteiger partial charge in [-0.05, 0) is 31.9 Å². The van der Waals surface area contributed by atoms with Crippen LogP contribution in [0.1, 0.15) is 38.4 Å². The molecule has 1 fully saturated rings. The molecule has 1 saturated carbocycles. The number of fused-ring (bicyclic) bond motifs is 1. The molecule has 1 heterocycles. The molecule has 4 nitrogen and oxygen atoms in total. The average Bonchev–Trinajstić information content (AvgIpc) is 2.88. The van der Waals surface area contributed by atoms with Gasteiger partial charge in [-0.1, -0.05) is 31.0 Å². The Balaban J connectivity index is 1.73. The van der Waals surface area contributed by atoms with Gasteiger partial charge >= 0.3 is 0 Å². The Morgan fingerprint density at radius 2 is 2.18 bits per heavy atom. The second-order valence-corrected chi connectivity index (χ2v) is 6.75. The number of carbonyl (C=O) groups is 1. The fraction of sp³-hybridized carbons (Fsp3) is 0.500. The lowest BCUT2D eigenvalue weighted by molar-refractivity contribution is -0.138. The topological polar surface area (TPSA) is 59.5 Å². The zero-order chi connectivity index (χ0) is 15.7. The van der Waals surface area contributed by atoms with Crippen LogP contribution in [0.3, 0.4) is 0 Å². The number of hydrogen-bond donors (Lipinski definition) is 1. The van der Waals surface area contributed by atoms with Crippen molar-refractivity contribution in [1.29, 1.82) is 0 Å². The number of nitrogens with zero attached hydrogens (tertiary/aromatic N) is 1. The van der Waals surface area contributed by atoms with Crippen molar-refractivity contribution < 1.29 is 9.21 Å². The number of rotatable bonds is 3. The molecule has 4 heteroatoms. The fourth-order valence-electron chi connectivity index (χ4n) is 3.46. The number of para-hydroxylation sites is 1. The van der Waals surface area contributed by atoms with Gasteiger partial charge in [0.2, 0.25) is 5.91 Å². The molecule has 3 rings (SSSR count). The molecule has 2 unspecified atom stereocenters. The number of nitrogens with two attached hydrogens (primary N) is 1. The minimum absolute atomic E-state index is 0.0874. The highest BCUT2D eigenvalue weighted by Gasteiger charge is 2.39. The molecule has 0 radical (unpaired) electrons. The lowest BCUT2D eigenvalue weighted by Gasteiger charge is -2.39. The van der Waals surface area contributed by atoms with E-state index in [4.69, 9.17) is 10.2 Å². The molecule has 2 N–H and O–H groups in total. The van der Waals surface area contributed by atoms with Crippen LogP contribution in [0.15, 0.2) is 34.7 Å². The smallest absolute Gasteiger partial charge is 0.227 e. The van der Waals surface area contributed by atoms with Crippen LogP contribution in [0.4, 0.5) is 0 Å².